The van der Waals surface area contributed by atoms with Gasteiger partial charge in [-0.05, 0) is 42.3 Å². The van der Waals surface area contributed by atoms with Crippen molar-refractivity contribution in [3.05, 3.63) is 70.3 Å². The quantitative estimate of drug-likeness (QED) is 0.664. The minimum atomic E-state index is -0.205. The van der Waals surface area contributed by atoms with Crippen LogP contribution < -0.4 is 0 Å². The van der Waals surface area contributed by atoms with Crippen LogP contribution in [0.1, 0.15) is 16.1 Å². The molecule has 5 nitrogen and oxygen atoms in total. The van der Waals surface area contributed by atoms with E-state index in [1.54, 1.807) is 42.5 Å². The molecule has 0 atom stereocenters. The Morgan fingerprint density at radius 2 is 1.92 bits per heavy atom. The molecule has 0 N–H and O–H groups in total. The van der Waals surface area contributed by atoms with Crippen LogP contribution in [0, 0.1) is 0 Å². The van der Waals surface area contributed by atoms with Crippen LogP contribution >= 0.6 is 23.2 Å². The molecule has 0 fully saturated rings. The topological polar surface area (TPSA) is 59.2 Å². The molecule has 7 heteroatoms. The molecule has 0 aliphatic carbocycles. The number of amides is 1. The fourth-order valence-electron chi connectivity index (χ4n) is 2.28. The van der Waals surface area contributed by atoms with Crippen molar-refractivity contribution in [1.29, 1.82) is 0 Å². The van der Waals surface area contributed by atoms with E-state index in [4.69, 9.17) is 27.6 Å². The van der Waals surface area contributed by atoms with Crippen LogP contribution in [0.2, 0.25) is 10.0 Å². The molecule has 0 unspecified atom stereocenters. The second-order valence-electron chi connectivity index (χ2n) is 5.50. The number of benzene rings is 1. The van der Waals surface area contributed by atoms with Crippen molar-refractivity contribution in [2.24, 2.45) is 0 Å². The van der Waals surface area contributed by atoms with E-state index in [1.165, 1.54) is 6.26 Å². The third-order valence-corrected chi connectivity index (χ3v) is 4.46. The van der Waals surface area contributed by atoms with E-state index in [2.05, 4.69) is 9.97 Å². The van der Waals surface area contributed by atoms with Crippen molar-refractivity contribution in [1.82, 2.24) is 14.9 Å². The summed E-state index contributed by atoms with van der Waals surface area (Å²) in [6, 6.07) is 8.90. The van der Waals surface area contributed by atoms with E-state index < -0.39 is 0 Å². The van der Waals surface area contributed by atoms with E-state index >= 15 is 0 Å². The number of likely N-dealkylation sites (N-methyl/N-ethyl adjacent to an activating group) is 1. The normalized spacial score (nSPS) is 10.7. The SMILES string of the molecule is CN(CCc1ccncc1)C(=O)c1coc(-c2ccc(Cl)c(Cl)c2)n1. The molecule has 0 spiro atoms. The van der Waals surface area contributed by atoms with Crippen molar-refractivity contribution < 1.29 is 9.21 Å². The molecule has 0 bridgehead atoms. The molecular formula is C18H15Cl2N3O2. The zero-order valence-electron chi connectivity index (χ0n) is 13.4. The molecule has 0 aliphatic heterocycles. The molecule has 0 saturated heterocycles. The number of aromatic nitrogens is 2. The van der Waals surface area contributed by atoms with Crippen LogP contribution in [0.5, 0.6) is 0 Å². The Balaban J connectivity index is 1.68. The third-order valence-electron chi connectivity index (χ3n) is 3.72. The summed E-state index contributed by atoms with van der Waals surface area (Å²) >= 11 is 11.9. The minimum absolute atomic E-state index is 0.205. The number of halogens is 2. The second kappa shape index (κ2) is 7.68. The molecule has 3 rings (SSSR count). The van der Waals surface area contributed by atoms with Gasteiger partial charge in [0.25, 0.3) is 5.91 Å². The molecule has 2 heterocycles. The van der Waals surface area contributed by atoms with E-state index in [0.29, 0.717) is 28.0 Å². The summed E-state index contributed by atoms with van der Waals surface area (Å²) in [5.74, 6) is 0.119. The summed E-state index contributed by atoms with van der Waals surface area (Å²) in [5.41, 5.74) is 2.03. The van der Waals surface area contributed by atoms with Crippen LogP contribution in [0.25, 0.3) is 11.5 Å². The molecule has 128 valence electrons. The van der Waals surface area contributed by atoms with Gasteiger partial charge in [0, 0.05) is 31.5 Å². The van der Waals surface area contributed by atoms with Gasteiger partial charge in [-0.15, -0.1) is 0 Å². The van der Waals surface area contributed by atoms with Gasteiger partial charge in [-0.1, -0.05) is 23.2 Å². The summed E-state index contributed by atoms with van der Waals surface area (Å²) in [4.78, 5) is 22.3. The van der Waals surface area contributed by atoms with Gasteiger partial charge in [-0.2, -0.15) is 0 Å². The van der Waals surface area contributed by atoms with E-state index in [9.17, 15) is 4.79 Å². The first-order valence-corrected chi connectivity index (χ1v) is 8.35. The summed E-state index contributed by atoms with van der Waals surface area (Å²) in [5, 5.41) is 0.851. The van der Waals surface area contributed by atoms with Crippen molar-refractivity contribution in [2.45, 2.75) is 6.42 Å². The highest BCUT2D eigenvalue weighted by Crippen LogP contribution is 2.28. The molecule has 25 heavy (non-hydrogen) atoms. The molecule has 2 aromatic heterocycles. The molecule has 1 amide bonds. The van der Waals surface area contributed by atoms with Gasteiger partial charge in [0.1, 0.15) is 6.26 Å². The summed E-state index contributed by atoms with van der Waals surface area (Å²) in [6.45, 7) is 0.567. The highest BCUT2D eigenvalue weighted by molar-refractivity contribution is 6.42. The predicted molar refractivity (Wildman–Crippen MR) is 96.9 cm³/mol. The van der Waals surface area contributed by atoms with Crippen LogP contribution in [-0.2, 0) is 6.42 Å². The number of carbonyl (C=O) groups is 1. The first kappa shape index (κ1) is 17.5. The lowest BCUT2D eigenvalue weighted by molar-refractivity contribution is 0.0791. The number of carbonyl (C=O) groups excluding carboxylic acids is 1. The smallest absolute Gasteiger partial charge is 0.275 e. The number of oxazole rings is 1. The van der Waals surface area contributed by atoms with Crippen LogP contribution in [0.4, 0.5) is 0 Å². The zero-order valence-corrected chi connectivity index (χ0v) is 15.0. The summed E-state index contributed by atoms with van der Waals surface area (Å²) < 4.78 is 5.41. The molecular weight excluding hydrogens is 361 g/mol. The van der Waals surface area contributed by atoms with Crippen LogP contribution in [0.3, 0.4) is 0 Å². The lowest BCUT2D eigenvalue weighted by Crippen LogP contribution is -2.29. The van der Waals surface area contributed by atoms with E-state index in [0.717, 1.165) is 12.0 Å². The van der Waals surface area contributed by atoms with Gasteiger partial charge in [0.2, 0.25) is 5.89 Å². The van der Waals surface area contributed by atoms with E-state index in [-0.39, 0.29) is 11.6 Å². The lowest BCUT2D eigenvalue weighted by atomic mass is 10.2. The Morgan fingerprint density at radius 1 is 1.16 bits per heavy atom. The fraction of sp³-hybridized carbons (Fsp3) is 0.167. The highest BCUT2D eigenvalue weighted by atomic mass is 35.5. The van der Waals surface area contributed by atoms with Gasteiger partial charge in [0.15, 0.2) is 5.69 Å². The molecule has 1 aromatic carbocycles. The minimum Gasteiger partial charge on any atom is -0.444 e. The maximum atomic E-state index is 12.5. The number of rotatable bonds is 5. The van der Waals surface area contributed by atoms with Crippen LogP contribution in [-0.4, -0.2) is 34.4 Å². The second-order valence-corrected chi connectivity index (χ2v) is 6.31. The first-order chi connectivity index (χ1) is 12.0. The summed E-state index contributed by atoms with van der Waals surface area (Å²) in [6.07, 6.45) is 5.56. The Hall–Kier alpha value is -2.37. The summed E-state index contributed by atoms with van der Waals surface area (Å²) in [7, 11) is 1.73. The first-order valence-electron chi connectivity index (χ1n) is 7.60. The molecule has 0 radical (unpaired) electrons. The Kier molecular flexibility index (Phi) is 5.36. The lowest BCUT2D eigenvalue weighted by Gasteiger charge is -2.15. The zero-order chi connectivity index (χ0) is 17.8. The standard InChI is InChI=1S/C18H15Cl2N3O2/c1-23(9-6-12-4-7-21-8-5-12)18(24)16-11-25-17(22-16)13-2-3-14(19)15(20)10-13/h2-5,7-8,10-11H,6,9H2,1H3. The van der Waals surface area contributed by atoms with Gasteiger partial charge in [0.05, 0.1) is 10.0 Å². The average molecular weight is 376 g/mol. The predicted octanol–water partition coefficient (Wildman–Crippen LogP) is 4.36. The Bertz CT molecular complexity index is 881. The van der Waals surface area contributed by atoms with Crippen LogP contribution in [0.15, 0.2) is 53.4 Å². The molecule has 0 saturated carbocycles. The van der Waals surface area contributed by atoms with Crippen molar-refractivity contribution in [3.63, 3.8) is 0 Å². The number of hydrogen-bond donors (Lipinski definition) is 0. The number of nitrogens with zero attached hydrogens (tertiary/aromatic N) is 3. The number of pyridine rings is 1. The maximum absolute atomic E-state index is 12.5. The van der Waals surface area contributed by atoms with Crippen molar-refractivity contribution in [3.8, 4) is 11.5 Å². The van der Waals surface area contributed by atoms with Crippen molar-refractivity contribution in [2.75, 3.05) is 13.6 Å². The van der Waals surface area contributed by atoms with Gasteiger partial charge in [-0.25, -0.2) is 4.98 Å². The van der Waals surface area contributed by atoms with E-state index in [1.807, 2.05) is 12.1 Å². The third kappa shape index (κ3) is 4.18. The fourth-order valence-corrected chi connectivity index (χ4v) is 2.58. The van der Waals surface area contributed by atoms with Gasteiger partial charge < -0.3 is 9.32 Å². The largest absolute Gasteiger partial charge is 0.444 e. The Morgan fingerprint density at radius 3 is 2.64 bits per heavy atom. The van der Waals surface area contributed by atoms with Crippen molar-refractivity contribution >= 4 is 29.1 Å². The number of hydrogen-bond acceptors (Lipinski definition) is 4. The molecule has 0 aliphatic rings. The monoisotopic (exact) mass is 375 g/mol. The Labute approximate surface area is 155 Å². The van der Waals surface area contributed by atoms with Gasteiger partial charge in [-0.3, -0.25) is 9.78 Å². The van der Waals surface area contributed by atoms with Gasteiger partial charge >= 0.3 is 0 Å². The highest BCUT2D eigenvalue weighted by Gasteiger charge is 2.17. The molecule has 3 aromatic rings. The maximum Gasteiger partial charge on any atom is 0.275 e. The average Bonchev–Trinajstić information content (AvgIpc) is 3.12.